The van der Waals surface area contributed by atoms with E-state index in [9.17, 15) is 19.6 Å². The SMILES string of the molecule is Cc1ccc[n+](C(C(=S)Nc2ccccc2F)=C([O-])c2ccc([N+](=O)[O-])cc2)c1. The van der Waals surface area contributed by atoms with Gasteiger partial charge < -0.3 is 10.4 Å². The van der Waals surface area contributed by atoms with Crippen LogP contribution in [-0.2, 0) is 0 Å². The van der Waals surface area contributed by atoms with Crippen LogP contribution in [0.1, 0.15) is 11.1 Å². The van der Waals surface area contributed by atoms with Crippen LogP contribution in [0, 0.1) is 22.9 Å². The fourth-order valence-corrected chi connectivity index (χ4v) is 2.99. The molecule has 2 aromatic carbocycles. The summed E-state index contributed by atoms with van der Waals surface area (Å²) in [4.78, 5) is 10.3. The maximum atomic E-state index is 14.0. The number of nitro groups is 1. The molecular formula is C21H16FN3O3S. The third-order valence-electron chi connectivity index (χ3n) is 4.10. The van der Waals surface area contributed by atoms with Crippen molar-refractivity contribution in [1.29, 1.82) is 0 Å². The number of hydrogen-bond acceptors (Lipinski definition) is 4. The van der Waals surface area contributed by atoms with Crippen molar-refractivity contribution in [1.82, 2.24) is 0 Å². The molecule has 0 aliphatic heterocycles. The van der Waals surface area contributed by atoms with Crippen LogP contribution in [0.3, 0.4) is 0 Å². The second-order valence-corrected chi connectivity index (χ2v) is 6.61. The van der Waals surface area contributed by atoms with Gasteiger partial charge in [-0.15, -0.1) is 0 Å². The monoisotopic (exact) mass is 409 g/mol. The van der Waals surface area contributed by atoms with E-state index in [0.29, 0.717) is 0 Å². The predicted molar refractivity (Wildman–Crippen MR) is 110 cm³/mol. The van der Waals surface area contributed by atoms with E-state index in [0.717, 1.165) is 5.56 Å². The summed E-state index contributed by atoms with van der Waals surface area (Å²) in [5.74, 6) is -0.962. The highest BCUT2D eigenvalue weighted by Crippen LogP contribution is 2.21. The lowest BCUT2D eigenvalue weighted by Crippen LogP contribution is -2.40. The third-order valence-corrected chi connectivity index (χ3v) is 4.39. The first-order chi connectivity index (χ1) is 13.9. The number of halogens is 1. The second kappa shape index (κ2) is 8.57. The molecule has 3 aromatic rings. The smallest absolute Gasteiger partial charge is 0.269 e. The molecular weight excluding hydrogens is 393 g/mol. The molecule has 0 aliphatic carbocycles. The summed E-state index contributed by atoms with van der Waals surface area (Å²) >= 11 is 5.42. The van der Waals surface area contributed by atoms with E-state index in [1.807, 2.05) is 13.0 Å². The standard InChI is InChI=1S/C21H16FN3O3S/c1-14-5-4-12-24(13-14)19(21(29)23-18-7-3-2-6-17(18)22)20(26)15-8-10-16(11-9-15)25(27)28/h2-13H,1H3,(H-,23,26,29). The van der Waals surface area contributed by atoms with Crippen LogP contribution in [0.25, 0.3) is 11.5 Å². The molecule has 8 heteroatoms. The van der Waals surface area contributed by atoms with Crippen LogP contribution in [0.15, 0.2) is 73.1 Å². The number of non-ortho nitro benzene ring substituents is 1. The summed E-state index contributed by atoms with van der Waals surface area (Å²) in [6, 6.07) is 14.8. The van der Waals surface area contributed by atoms with Crippen molar-refractivity contribution < 1.29 is 19.0 Å². The van der Waals surface area contributed by atoms with Crippen LogP contribution in [0.4, 0.5) is 15.8 Å². The van der Waals surface area contributed by atoms with Gasteiger partial charge in [-0.05, 0) is 48.6 Å². The molecule has 1 N–H and O–H groups in total. The van der Waals surface area contributed by atoms with Crippen molar-refractivity contribution in [2.45, 2.75) is 6.92 Å². The minimum atomic E-state index is -0.543. The van der Waals surface area contributed by atoms with Gasteiger partial charge in [0, 0.05) is 23.8 Å². The van der Waals surface area contributed by atoms with E-state index in [2.05, 4.69) is 5.32 Å². The summed E-state index contributed by atoms with van der Waals surface area (Å²) in [7, 11) is 0. The van der Waals surface area contributed by atoms with Crippen molar-refractivity contribution in [2.75, 3.05) is 5.32 Å². The van der Waals surface area contributed by atoms with Gasteiger partial charge in [0.05, 0.1) is 10.6 Å². The molecule has 1 heterocycles. The van der Waals surface area contributed by atoms with Gasteiger partial charge in [0.2, 0.25) is 5.70 Å². The van der Waals surface area contributed by atoms with Gasteiger partial charge in [-0.2, -0.15) is 4.57 Å². The summed E-state index contributed by atoms with van der Waals surface area (Å²) in [6.45, 7) is 1.86. The lowest BCUT2D eigenvalue weighted by molar-refractivity contribution is -0.578. The Kier molecular flexibility index (Phi) is 5.94. The lowest BCUT2D eigenvalue weighted by atomic mass is 10.1. The number of nitrogens with one attached hydrogen (secondary N) is 1. The van der Waals surface area contributed by atoms with Crippen molar-refractivity contribution in [3.8, 4) is 0 Å². The first kappa shape index (κ1) is 20.1. The van der Waals surface area contributed by atoms with Crippen molar-refractivity contribution in [3.05, 3.63) is 100 Å². The van der Waals surface area contributed by atoms with Crippen molar-refractivity contribution >= 4 is 40.0 Å². The Morgan fingerprint density at radius 2 is 1.79 bits per heavy atom. The zero-order valence-corrected chi connectivity index (χ0v) is 16.2. The highest BCUT2D eigenvalue weighted by molar-refractivity contribution is 7.81. The van der Waals surface area contributed by atoms with Gasteiger partial charge in [0.1, 0.15) is 5.82 Å². The van der Waals surface area contributed by atoms with E-state index in [4.69, 9.17) is 12.2 Å². The third kappa shape index (κ3) is 4.61. The molecule has 0 unspecified atom stereocenters. The van der Waals surface area contributed by atoms with Gasteiger partial charge in [-0.25, -0.2) is 4.39 Å². The minimum absolute atomic E-state index is 0.0223. The van der Waals surface area contributed by atoms with E-state index in [1.54, 1.807) is 35.2 Å². The van der Waals surface area contributed by atoms with E-state index in [-0.39, 0.29) is 27.6 Å². The van der Waals surface area contributed by atoms with Crippen molar-refractivity contribution in [3.63, 3.8) is 0 Å². The van der Waals surface area contributed by atoms with Gasteiger partial charge in [-0.3, -0.25) is 10.1 Å². The van der Waals surface area contributed by atoms with Crippen molar-refractivity contribution in [2.24, 2.45) is 0 Å². The van der Waals surface area contributed by atoms with Crippen LogP contribution in [0.5, 0.6) is 0 Å². The number of nitrogens with zero attached hydrogens (tertiary/aromatic N) is 2. The number of thiocarbonyl (C=S) groups is 1. The maximum Gasteiger partial charge on any atom is 0.269 e. The number of aromatic nitrogens is 1. The second-order valence-electron chi connectivity index (χ2n) is 6.20. The summed E-state index contributed by atoms with van der Waals surface area (Å²) in [5.41, 5.74) is 1.21. The first-order valence-corrected chi connectivity index (χ1v) is 8.98. The fraction of sp³-hybridized carbons (Fsp3) is 0.0476. The van der Waals surface area contributed by atoms with Gasteiger partial charge in [0.15, 0.2) is 17.4 Å². The number of anilines is 1. The molecule has 0 saturated carbocycles. The summed E-state index contributed by atoms with van der Waals surface area (Å²) in [6.07, 6.45) is 3.37. The number of nitro benzene ring substituents is 1. The average Bonchev–Trinajstić information content (AvgIpc) is 2.70. The van der Waals surface area contributed by atoms with Gasteiger partial charge in [0.25, 0.3) is 5.69 Å². The normalized spacial score (nSPS) is 11.5. The van der Waals surface area contributed by atoms with Crippen LogP contribution >= 0.6 is 12.2 Å². The molecule has 0 bridgehead atoms. The summed E-state index contributed by atoms with van der Waals surface area (Å²) in [5, 5.41) is 26.8. The Balaban J connectivity index is 2.09. The molecule has 0 aliphatic rings. The van der Waals surface area contributed by atoms with Crippen LogP contribution in [0.2, 0.25) is 0 Å². The van der Waals surface area contributed by atoms with Gasteiger partial charge >= 0.3 is 0 Å². The number of para-hydroxylation sites is 1. The van der Waals surface area contributed by atoms with E-state index in [1.165, 1.54) is 36.4 Å². The van der Waals surface area contributed by atoms with E-state index >= 15 is 0 Å². The summed E-state index contributed by atoms with van der Waals surface area (Å²) < 4.78 is 15.6. The molecule has 146 valence electrons. The first-order valence-electron chi connectivity index (χ1n) is 8.57. The molecule has 6 nitrogen and oxygen atoms in total. The Morgan fingerprint density at radius 3 is 2.41 bits per heavy atom. The lowest BCUT2D eigenvalue weighted by Gasteiger charge is -2.17. The predicted octanol–water partition coefficient (Wildman–Crippen LogP) is 3.46. The number of benzene rings is 2. The molecule has 0 spiro atoms. The fourth-order valence-electron chi connectivity index (χ4n) is 2.69. The number of pyridine rings is 1. The average molecular weight is 409 g/mol. The molecule has 0 atom stereocenters. The number of hydrogen-bond donors (Lipinski definition) is 1. The molecule has 1 aromatic heterocycles. The Bertz CT molecular complexity index is 1110. The number of rotatable bonds is 5. The Labute approximate surface area is 171 Å². The Hall–Kier alpha value is -3.65. The maximum absolute atomic E-state index is 14.0. The molecule has 0 fully saturated rings. The van der Waals surface area contributed by atoms with Gasteiger partial charge in [-0.1, -0.05) is 24.4 Å². The highest BCUT2D eigenvalue weighted by Gasteiger charge is 2.20. The molecule has 3 rings (SSSR count). The largest absolute Gasteiger partial charge is 0.867 e. The zero-order chi connectivity index (χ0) is 21.0. The zero-order valence-electron chi connectivity index (χ0n) is 15.3. The van der Waals surface area contributed by atoms with Crippen LogP contribution in [-0.4, -0.2) is 9.91 Å². The quantitative estimate of drug-likeness (QED) is 0.174. The molecule has 0 saturated heterocycles. The number of aryl methyl sites for hydroxylation is 1. The molecule has 0 radical (unpaired) electrons. The molecule has 29 heavy (non-hydrogen) atoms. The minimum Gasteiger partial charge on any atom is -0.867 e. The van der Waals surface area contributed by atoms with E-state index < -0.39 is 16.5 Å². The molecule has 0 amide bonds. The Morgan fingerprint density at radius 1 is 1.10 bits per heavy atom. The van der Waals surface area contributed by atoms with Crippen LogP contribution < -0.4 is 15.0 Å². The topological polar surface area (TPSA) is 82.1 Å². The highest BCUT2D eigenvalue weighted by atomic mass is 32.1.